The topological polar surface area (TPSA) is 51.5 Å². The van der Waals surface area contributed by atoms with Crippen LogP contribution in [0.4, 0.5) is 24.8 Å². The highest BCUT2D eigenvalue weighted by Gasteiger charge is 2.30. The average Bonchev–Trinajstić information content (AvgIpc) is 3.06. The van der Waals surface area contributed by atoms with Crippen molar-refractivity contribution in [3.8, 4) is 5.88 Å². The number of rotatable bonds is 4. The molecule has 3 aromatic rings. The summed E-state index contributed by atoms with van der Waals surface area (Å²) in [5.74, 6) is 0.918. The van der Waals surface area contributed by atoms with Crippen LogP contribution in [0.25, 0.3) is 5.65 Å². The van der Waals surface area contributed by atoms with Gasteiger partial charge in [-0.3, -0.25) is 0 Å². The van der Waals surface area contributed by atoms with E-state index in [-0.39, 0.29) is 6.10 Å². The molecule has 0 saturated heterocycles. The Morgan fingerprint density at radius 1 is 1.00 bits per heavy atom. The second-order valence-electron chi connectivity index (χ2n) is 6.65. The van der Waals surface area contributed by atoms with Crippen LogP contribution in [-0.2, 0) is 6.18 Å². The van der Waals surface area contributed by atoms with E-state index in [9.17, 15) is 13.2 Å². The zero-order chi connectivity index (χ0) is 18.9. The van der Waals surface area contributed by atoms with Gasteiger partial charge < -0.3 is 10.1 Å². The van der Waals surface area contributed by atoms with Gasteiger partial charge in [0.25, 0.3) is 0 Å². The van der Waals surface area contributed by atoms with Crippen molar-refractivity contribution in [3.05, 3.63) is 48.0 Å². The lowest BCUT2D eigenvalue weighted by molar-refractivity contribution is -0.137. The molecule has 0 amide bonds. The summed E-state index contributed by atoms with van der Waals surface area (Å²) in [5, 5.41) is 7.33. The third-order valence-electron chi connectivity index (χ3n) is 4.63. The summed E-state index contributed by atoms with van der Waals surface area (Å²) in [4.78, 5) is 4.37. The molecule has 1 aliphatic carbocycles. The van der Waals surface area contributed by atoms with Crippen molar-refractivity contribution in [1.29, 1.82) is 0 Å². The standard InChI is InChI=1S/C19H19F3N4O/c20-19(21,22)13-9-11-14(12-10-13)23-18-24-16-7-4-8-17(26(16)25-18)27-15-5-2-1-3-6-15/h4,7-12,15H,1-3,5-6H2,(H,23,25). The fraction of sp³-hybridized carbons (Fsp3) is 0.368. The van der Waals surface area contributed by atoms with Crippen molar-refractivity contribution < 1.29 is 17.9 Å². The third-order valence-corrected chi connectivity index (χ3v) is 4.63. The second-order valence-corrected chi connectivity index (χ2v) is 6.65. The summed E-state index contributed by atoms with van der Waals surface area (Å²) in [6, 6.07) is 10.3. The number of ether oxygens (including phenoxy) is 1. The molecule has 0 radical (unpaired) electrons. The smallest absolute Gasteiger partial charge is 0.416 e. The van der Waals surface area contributed by atoms with Crippen molar-refractivity contribution in [2.24, 2.45) is 0 Å². The first kappa shape index (κ1) is 17.6. The van der Waals surface area contributed by atoms with Crippen LogP contribution < -0.4 is 10.1 Å². The molecule has 2 aromatic heterocycles. The summed E-state index contributed by atoms with van der Waals surface area (Å²) in [6.45, 7) is 0. The van der Waals surface area contributed by atoms with Crippen LogP contribution in [0.1, 0.15) is 37.7 Å². The molecule has 5 nitrogen and oxygen atoms in total. The average molecular weight is 376 g/mol. The molecule has 2 heterocycles. The van der Waals surface area contributed by atoms with E-state index >= 15 is 0 Å². The number of benzene rings is 1. The number of aromatic nitrogens is 3. The molecule has 0 spiro atoms. The van der Waals surface area contributed by atoms with Gasteiger partial charge in [0, 0.05) is 11.8 Å². The van der Waals surface area contributed by atoms with E-state index in [2.05, 4.69) is 15.4 Å². The molecule has 0 atom stereocenters. The van der Waals surface area contributed by atoms with Crippen LogP contribution in [0.15, 0.2) is 42.5 Å². The first-order valence-electron chi connectivity index (χ1n) is 8.96. The quantitative estimate of drug-likeness (QED) is 0.680. The molecule has 27 heavy (non-hydrogen) atoms. The third kappa shape index (κ3) is 3.99. The Morgan fingerprint density at radius 2 is 1.74 bits per heavy atom. The Bertz CT molecular complexity index is 915. The van der Waals surface area contributed by atoms with Crippen LogP contribution in [0.2, 0.25) is 0 Å². The maximum Gasteiger partial charge on any atom is 0.416 e. The predicted molar refractivity (Wildman–Crippen MR) is 95.2 cm³/mol. The minimum Gasteiger partial charge on any atom is -0.474 e. The van der Waals surface area contributed by atoms with Gasteiger partial charge >= 0.3 is 6.18 Å². The molecular formula is C19H19F3N4O. The van der Waals surface area contributed by atoms with E-state index in [4.69, 9.17) is 4.74 Å². The van der Waals surface area contributed by atoms with Crippen LogP contribution in [0.5, 0.6) is 5.88 Å². The van der Waals surface area contributed by atoms with Gasteiger partial charge in [0.15, 0.2) is 5.65 Å². The molecule has 1 saturated carbocycles. The normalized spacial score (nSPS) is 15.8. The molecule has 1 aliphatic rings. The fourth-order valence-electron chi connectivity index (χ4n) is 3.25. The van der Waals surface area contributed by atoms with E-state index in [1.54, 1.807) is 10.6 Å². The first-order valence-corrected chi connectivity index (χ1v) is 8.96. The van der Waals surface area contributed by atoms with Gasteiger partial charge in [0.05, 0.1) is 5.56 Å². The lowest BCUT2D eigenvalue weighted by Gasteiger charge is -2.22. The lowest BCUT2D eigenvalue weighted by Crippen LogP contribution is -2.20. The molecule has 0 bridgehead atoms. The Kier molecular flexibility index (Phi) is 4.63. The van der Waals surface area contributed by atoms with E-state index < -0.39 is 11.7 Å². The summed E-state index contributed by atoms with van der Waals surface area (Å²) in [6.07, 6.45) is 1.46. The van der Waals surface area contributed by atoms with Gasteiger partial charge in [0.1, 0.15) is 6.10 Å². The number of fused-ring (bicyclic) bond motifs is 1. The Labute approximate surface area is 154 Å². The monoisotopic (exact) mass is 376 g/mol. The molecule has 1 fully saturated rings. The zero-order valence-electron chi connectivity index (χ0n) is 14.5. The van der Waals surface area contributed by atoms with Gasteiger partial charge in [-0.2, -0.15) is 22.7 Å². The second kappa shape index (κ2) is 7.09. The molecule has 1 aromatic carbocycles. The van der Waals surface area contributed by atoms with Crippen LogP contribution in [-0.4, -0.2) is 20.7 Å². The fourth-order valence-corrected chi connectivity index (χ4v) is 3.25. The predicted octanol–water partition coefficient (Wildman–Crippen LogP) is 5.20. The van der Waals surface area contributed by atoms with Gasteiger partial charge in [-0.25, -0.2) is 0 Å². The molecule has 4 rings (SSSR count). The summed E-state index contributed by atoms with van der Waals surface area (Å²) in [7, 11) is 0. The highest BCUT2D eigenvalue weighted by Crippen LogP contribution is 2.30. The summed E-state index contributed by atoms with van der Waals surface area (Å²) < 4.78 is 45.7. The minimum atomic E-state index is -4.36. The number of anilines is 2. The van der Waals surface area contributed by atoms with Gasteiger partial charge in [-0.05, 0) is 56.0 Å². The molecule has 142 valence electrons. The Hall–Kier alpha value is -2.77. The highest BCUT2D eigenvalue weighted by atomic mass is 19.4. The molecular weight excluding hydrogens is 357 g/mol. The lowest BCUT2D eigenvalue weighted by atomic mass is 9.98. The first-order chi connectivity index (χ1) is 13.0. The number of hydrogen-bond donors (Lipinski definition) is 1. The van der Waals surface area contributed by atoms with E-state index in [1.165, 1.54) is 31.4 Å². The maximum atomic E-state index is 12.7. The number of alkyl halides is 3. The van der Waals surface area contributed by atoms with E-state index in [0.29, 0.717) is 23.2 Å². The zero-order valence-corrected chi connectivity index (χ0v) is 14.5. The summed E-state index contributed by atoms with van der Waals surface area (Å²) in [5.41, 5.74) is 0.394. The number of nitrogens with zero attached hydrogens (tertiary/aromatic N) is 3. The Morgan fingerprint density at radius 3 is 2.44 bits per heavy atom. The van der Waals surface area contributed by atoms with Gasteiger partial charge in [0.2, 0.25) is 11.8 Å². The SMILES string of the molecule is FC(F)(F)c1ccc(Nc2nc3cccc(OC4CCCCC4)n3n2)cc1. The van der Waals surface area contributed by atoms with Crippen molar-refractivity contribution in [3.63, 3.8) is 0 Å². The molecule has 1 N–H and O–H groups in total. The van der Waals surface area contributed by atoms with Crippen LogP contribution >= 0.6 is 0 Å². The minimum absolute atomic E-state index is 0.180. The molecule has 0 unspecified atom stereocenters. The molecule has 0 aliphatic heterocycles. The van der Waals surface area contributed by atoms with Gasteiger partial charge in [-0.15, -0.1) is 5.10 Å². The Balaban J connectivity index is 1.53. The number of halogens is 3. The van der Waals surface area contributed by atoms with Crippen LogP contribution in [0.3, 0.4) is 0 Å². The van der Waals surface area contributed by atoms with Crippen LogP contribution in [0, 0.1) is 0 Å². The number of nitrogens with one attached hydrogen (secondary N) is 1. The largest absolute Gasteiger partial charge is 0.474 e. The highest BCUT2D eigenvalue weighted by molar-refractivity contribution is 5.56. The maximum absolute atomic E-state index is 12.7. The molecule has 8 heteroatoms. The van der Waals surface area contributed by atoms with Crippen molar-refractivity contribution in [2.75, 3.05) is 5.32 Å². The van der Waals surface area contributed by atoms with Crippen molar-refractivity contribution in [2.45, 2.75) is 44.4 Å². The number of pyridine rings is 1. The summed E-state index contributed by atoms with van der Waals surface area (Å²) >= 11 is 0. The van der Waals surface area contributed by atoms with Crippen molar-refractivity contribution >= 4 is 17.3 Å². The van der Waals surface area contributed by atoms with Crippen molar-refractivity contribution in [1.82, 2.24) is 14.6 Å². The van der Waals surface area contributed by atoms with Gasteiger partial charge in [-0.1, -0.05) is 12.5 Å². The number of hydrogen-bond acceptors (Lipinski definition) is 4. The van der Waals surface area contributed by atoms with E-state index in [0.717, 1.165) is 25.0 Å². The van der Waals surface area contributed by atoms with E-state index in [1.807, 2.05) is 12.1 Å².